The topological polar surface area (TPSA) is 70.4 Å². The molecule has 2 fully saturated rings. The molecule has 3 rings (SSSR count). The Morgan fingerprint density at radius 1 is 1.42 bits per heavy atom. The summed E-state index contributed by atoms with van der Waals surface area (Å²) in [6.07, 6.45) is 1.72. The molecule has 2 N–H and O–H groups in total. The first kappa shape index (κ1) is 13.1. The van der Waals surface area contributed by atoms with E-state index in [1.54, 1.807) is 6.20 Å². The molecule has 1 aromatic rings. The van der Waals surface area contributed by atoms with Gasteiger partial charge in [-0.25, -0.2) is 4.68 Å². The van der Waals surface area contributed by atoms with Crippen LogP contribution < -0.4 is 15.8 Å². The fourth-order valence-corrected chi connectivity index (χ4v) is 3.54. The van der Waals surface area contributed by atoms with Crippen LogP contribution in [0.3, 0.4) is 0 Å². The monoisotopic (exact) mass is 328 g/mol. The van der Waals surface area contributed by atoms with Crippen LogP contribution in [0.5, 0.6) is 0 Å². The molecule has 3 heterocycles. The number of aromatic nitrogens is 2. The summed E-state index contributed by atoms with van der Waals surface area (Å²) >= 11 is 3.38. The number of fused-ring (bicyclic) bond motifs is 1. The van der Waals surface area contributed by atoms with Crippen LogP contribution in [-0.4, -0.2) is 47.7 Å². The molecule has 19 heavy (non-hydrogen) atoms. The summed E-state index contributed by atoms with van der Waals surface area (Å²) in [4.78, 5) is 14.3. The highest BCUT2D eigenvalue weighted by Gasteiger charge is 2.37. The van der Waals surface area contributed by atoms with Gasteiger partial charge in [-0.2, -0.15) is 5.10 Å². The maximum Gasteiger partial charge on any atom is 0.283 e. The van der Waals surface area contributed by atoms with Gasteiger partial charge in [0.1, 0.15) is 4.47 Å². The minimum Gasteiger partial charge on any atom is -0.394 e. The molecule has 0 spiro atoms. The van der Waals surface area contributed by atoms with Crippen molar-refractivity contribution in [1.82, 2.24) is 15.1 Å². The van der Waals surface area contributed by atoms with Crippen LogP contribution in [0.1, 0.15) is 0 Å². The second-order valence-electron chi connectivity index (χ2n) is 5.18. The normalized spacial score (nSPS) is 25.9. The summed E-state index contributed by atoms with van der Waals surface area (Å²) in [5.41, 5.74) is 0.690. The average molecular weight is 329 g/mol. The number of nitrogens with one attached hydrogen (secondary N) is 1. The van der Waals surface area contributed by atoms with Crippen molar-refractivity contribution >= 4 is 21.6 Å². The van der Waals surface area contributed by atoms with Crippen LogP contribution in [0.15, 0.2) is 15.5 Å². The summed E-state index contributed by atoms with van der Waals surface area (Å²) in [6.45, 7) is 4.22. The predicted octanol–water partition coefficient (Wildman–Crippen LogP) is -0.346. The highest BCUT2D eigenvalue weighted by atomic mass is 79.9. The summed E-state index contributed by atoms with van der Waals surface area (Å²) in [5, 5.41) is 16.4. The van der Waals surface area contributed by atoms with Crippen LogP contribution in [0.25, 0.3) is 0 Å². The number of rotatable bonds is 3. The van der Waals surface area contributed by atoms with Gasteiger partial charge in [0.2, 0.25) is 0 Å². The van der Waals surface area contributed by atoms with Crippen molar-refractivity contribution in [3.05, 3.63) is 21.0 Å². The lowest BCUT2D eigenvalue weighted by molar-refractivity contribution is 0.266. The first-order chi connectivity index (χ1) is 9.20. The Hall–Kier alpha value is -0.920. The summed E-state index contributed by atoms with van der Waals surface area (Å²) in [6, 6.07) is 0. The summed E-state index contributed by atoms with van der Waals surface area (Å²) in [7, 11) is 0. The van der Waals surface area contributed by atoms with E-state index in [9.17, 15) is 4.79 Å². The number of hydrogen-bond acceptors (Lipinski definition) is 5. The molecule has 6 nitrogen and oxygen atoms in total. The van der Waals surface area contributed by atoms with Crippen molar-refractivity contribution in [3.63, 3.8) is 0 Å². The highest BCUT2D eigenvalue weighted by molar-refractivity contribution is 9.10. The lowest BCUT2D eigenvalue weighted by Crippen LogP contribution is -2.31. The van der Waals surface area contributed by atoms with Crippen LogP contribution in [0, 0.1) is 11.8 Å². The predicted molar refractivity (Wildman–Crippen MR) is 75.3 cm³/mol. The molecular formula is C12H17BrN4O2. The molecule has 2 aliphatic heterocycles. The number of hydrogen-bond donors (Lipinski definition) is 2. The van der Waals surface area contributed by atoms with Crippen molar-refractivity contribution in [2.24, 2.45) is 11.8 Å². The second-order valence-corrected chi connectivity index (χ2v) is 5.97. The molecule has 0 saturated carbocycles. The zero-order chi connectivity index (χ0) is 13.4. The van der Waals surface area contributed by atoms with Crippen molar-refractivity contribution in [2.45, 2.75) is 6.54 Å². The van der Waals surface area contributed by atoms with Crippen LogP contribution in [-0.2, 0) is 6.54 Å². The molecule has 104 valence electrons. The Kier molecular flexibility index (Phi) is 3.60. The Balaban J connectivity index is 1.86. The van der Waals surface area contributed by atoms with Gasteiger partial charge in [-0.05, 0) is 27.8 Å². The van der Waals surface area contributed by atoms with Gasteiger partial charge in [0.15, 0.2) is 0 Å². The largest absolute Gasteiger partial charge is 0.394 e. The third-order valence-corrected chi connectivity index (χ3v) is 4.75. The fraction of sp³-hybridized carbons (Fsp3) is 0.667. The third kappa shape index (κ3) is 2.30. The third-order valence-electron chi connectivity index (χ3n) is 4.01. The average Bonchev–Trinajstić information content (AvgIpc) is 2.96. The number of nitrogens with zero attached hydrogens (tertiary/aromatic N) is 3. The maximum absolute atomic E-state index is 12.1. The van der Waals surface area contributed by atoms with Gasteiger partial charge in [-0.15, -0.1) is 0 Å². The quantitative estimate of drug-likeness (QED) is 0.794. The van der Waals surface area contributed by atoms with E-state index in [2.05, 4.69) is 31.2 Å². The molecule has 2 unspecified atom stereocenters. The molecule has 0 aliphatic carbocycles. The molecule has 2 atom stereocenters. The minimum atomic E-state index is -0.179. The SMILES string of the molecule is O=c1c(Br)c(N2CC3CNCC3C2)cnn1CCO. The van der Waals surface area contributed by atoms with E-state index in [1.165, 1.54) is 4.68 Å². The highest BCUT2D eigenvalue weighted by Crippen LogP contribution is 2.32. The molecule has 2 aliphatic rings. The molecule has 1 aromatic heterocycles. The number of halogens is 1. The van der Waals surface area contributed by atoms with E-state index in [-0.39, 0.29) is 18.7 Å². The molecule has 0 aromatic carbocycles. The van der Waals surface area contributed by atoms with Crippen molar-refractivity contribution in [3.8, 4) is 0 Å². The van der Waals surface area contributed by atoms with Crippen LogP contribution in [0.2, 0.25) is 0 Å². The van der Waals surface area contributed by atoms with E-state index in [1.807, 2.05) is 0 Å². The van der Waals surface area contributed by atoms with Gasteiger partial charge in [-0.3, -0.25) is 4.79 Å². The van der Waals surface area contributed by atoms with Gasteiger partial charge in [0, 0.05) is 26.2 Å². The van der Waals surface area contributed by atoms with Gasteiger partial charge in [-0.1, -0.05) is 0 Å². The van der Waals surface area contributed by atoms with Gasteiger partial charge >= 0.3 is 0 Å². The first-order valence-electron chi connectivity index (χ1n) is 6.53. The Morgan fingerprint density at radius 3 is 2.74 bits per heavy atom. The van der Waals surface area contributed by atoms with E-state index in [0.717, 1.165) is 31.9 Å². The van der Waals surface area contributed by atoms with E-state index < -0.39 is 0 Å². The Labute approximate surface area is 119 Å². The van der Waals surface area contributed by atoms with Gasteiger partial charge in [0.05, 0.1) is 25.0 Å². The number of anilines is 1. The lowest BCUT2D eigenvalue weighted by atomic mass is 10.0. The number of aliphatic hydroxyl groups is 1. The van der Waals surface area contributed by atoms with Crippen LogP contribution >= 0.6 is 15.9 Å². The molecule has 2 saturated heterocycles. The lowest BCUT2D eigenvalue weighted by Gasteiger charge is -2.20. The van der Waals surface area contributed by atoms with Crippen molar-refractivity contribution in [2.75, 3.05) is 37.7 Å². The number of aliphatic hydroxyl groups excluding tert-OH is 1. The zero-order valence-corrected chi connectivity index (χ0v) is 12.1. The van der Waals surface area contributed by atoms with Gasteiger partial charge < -0.3 is 15.3 Å². The summed E-state index contributed by atoms with van der Waals surface area (Å²) in [5.74, 6) is 1.35. The second kappa shape index (κ2) is 5.22. The van der Waals surface area contributed by atoms with E-state index in [4.69, 9.17) is 5.11 Å². The fourth-order valence-electron chi connectivity index (χ4n) is 2.98. The minimum absolute atomic E-state index is 0.0851. The smallest absolute Gasteiger partial charge is 0.283 e. The molecule has 0 radical (unpaired) electrons. The zero-order valence-electron chi connectivity index (χ0n) is 10.5. The standard InChI is InChI=1S/C12H17BrN4O2/c13-11-10(5-15-17(1-2-18)12(11)19)16-6-8-3-14-4-9(8)7-16/h5,8-9,14,18H,1-4,6-7H2. The van der Waals surface area contributed by atoms with E-state index in [0.29, 0.717) is 16.3 Å². The van der Waals surface area contributed by atoms with Crippen molar-refractivity contribution in [1.29, 1.82) is 0 Å². The Bertz CT molecular complexity index is 521. The molecule has 0 bridgehead atoms. The van der Waals surface area contributed by atoms with E-state index >= 15 is 0 Å². The molecular weight excluding hydrogens is 312 g/mol. The Morgan fingerprint density at radius 2 is 2.11 bits per heavy atom. The first-order valence-corrected chi connectivity index (χ1v) is 7.32. The molecule has 0 amide bonds. The molecule has 7 heteroatoms. The van der Waals surface area contributed by atoms with Crippen LogP contribution in [0.4, 0.5) is 5.69 Å². The maximum atomic E-state index is 12.1. The van der Waals surface area contributed by atoms with Gasteiger partial charge in [0.25, 0.3) is 5.56 Å². The summed E-state index contributed by atoms with van der Waals surface area (Å²) < 4.78 is 1.83. The van der Waals surface area contributed by atoms with Crippen molar-refractivity contribution < 1.29 is 5.11 Å².